The van der Waals surface area contributed by atoms with Crippen LogP contribution in [0.4, 0.5) is 15.9 Å². The number of benzene rings is 1. The predicted molar refractivity (Wildman–Crippen MR) is 90.2 cm³/mol. The van der Waals surface area contributed by atoms with Gasteiger partial charge in [-0.25, -0.2) is 13.9 Å². The van der Waals surface area contributed by atoms with Gasteiger partial charge in [0.2, 0.25) is 5.91 Å². The highest BCUT2D eigenvalue weighted by Gasteiger charge is 2.17. The Hall–Kier alpha value is -3.16. The van der Waals surface area contributed by atoms with Crippen LogP contribution in [0.25, 0.3) is 5.65 Å². The summed E-state index contributed by atoms with van der Waals surface area (Å²) in [4.78, 5) is 16.6. The van der Waals surface area contributed by atoms with E-state index < -0.39 is 0 Å². The summed E-state index contributed by atoms with van der Waals surface area (Å²) in [7, 11) is 0. The number of ether oxygens (including phenoxy) is 1. The molecule has 8 heteroatoms. The Morgan fingerprint density at radius 3 is 3.12 bits per heavy atom. The molecular weight excluding hydrogens is 325 g/mol. The zero-order valence-electron chi connectivity index (χ0n) is 13.5. The molecule has 128 valence electrons. The molecule has 2 aromatic heterocycles. The van der Waals surface area contributed by atoms with Crippen LogP contribution in [-0.4, -0.2) is 27.1 Å². The molecule has 1 aliphatic rings. The van der Waals surface area contributed by atoms with E-state index in [1.807, 2.05) is 6.92 Å². The number of nitrogens with one attached hydrogen (secondary N) is 2. The van der Waals surface area contributed by atoms with Gasteiger partial charge in [0.15, 0.2) is 5.65 Å². The molecule has 2 N–H and O–H groups in total. The van der Waals surface area contributed by atoms with Crippen LogP contribution in [0.3, 0.4) is 0 Å². The lowest BCUT2D eigenvalue weighted by Crippen LogP contribution is -2.15. The Kier molecular flexibility index (Phi) is 3.72. The third-order valence-electron chi connectivity index (χ3n) is 4.03. The lowest BCUT2D eigenvalue weighted by molar-refractivity contribution is -0.116. The number of nitrogens with zero attached hydrogens (tertiary/aromatic N) is 3. The van der Waals surface area contributed by atoms with Crippen molar-refractivity contribution in [1.29, 1.82) is 0 Å². The van der Waals surface area contributed by atoms with Gasteiger partial charge in [0.05, 0.1) is 25.3 Å². The molecular formula is C17H16FN5O2. The zero-order chi connectivity index (χ0) is 17.4. The van der Waals surface area contributed by atoms with Gasteiger partial charge in [0.1, 0.15) is 23.1 Å². The van der Waals surface area contributed by atoms with Gasteiger partial charge in [-0.3, -0.25) is 4.79 Å². The van der Waals surface area contributed by atoms with E-state index in [9.17, 15) is 9.18 Å². The molecule has 0 spiro atoms. The minimum absolute atomic E-state index is 0.162. The van der Waals surface area contributed by atoms with Gasteiger partial charge >= 0.3 is 0 Å². The maximum Gasteiger partial charge on any atom is 0.227 e. The lowest BCUT2D eigenvalue weighted by atomic mass is 10.1. The quantitative estimate of drug-likeness (QED) is 0.657. The third kappa shape index (κ3) is 2.98. The molecule has 1 amide bonds. The van der Waals surface area contributed by atoms with Crippen molar-refractivity contribution in [3.63, 3.8) is 0 Å². The molecule has 3 heterocycles. The molecule has 0 saturated carbocycles. The number of halogens is 1. The Morgan fingerprint density at radius 1 is 1.36 bits per heavy atom. The van der Waals surface area contributed by atoms with Crippen molar-refractivity contribution in [3.8, 4) is 5.75 Å². The molecule has 3 aromatic rings. The largest absolute Gasteiger partial charge is 0.493 e. The first kappa shape index (κ1) is 15.4. The Labute approximate surface area is 142 Å². The first-order valence-electron chi connectivity index (χ1n) is 7.93. The van der Waals surface area contributed by atoms with Crippen LogP contribution in [-0.2, 0) is 4.79 Å². The molecule has 1 aliphatic heterocycles. The number of hydrogen-bond acceptors (Lipinski definition) is 5. The highest BCUT2D eigenvalue weighted by molar-refractivity contribution is 5.94. The number of fused-ring (bicyclic) bond motifs is 2. The van der Waals surface area contributed by atoms with Gasteiger partial charge in [0, 0.05) is 11.8 Å². The number of rotatable bonds is 0. The van der Waals surface area contributed by atoms with Crippen LogP contribution in [0.5, 0.6) is 5.75 Å². The van der Waals surface area contributed by atoms with Crippen molar-refractivity contribution in [2.45, 2.75) is 19.4 Å². The van der Waals surface area contributed by atoms with Crippen molar-refractivity contribution in [2.75, 3.05) is 17.2 Å². The molecule has 1 aromatic carbocycles. The van der Waals surface area contributed by atoms with Gasteiger partial charge in [-0.2, -0.15) is 5.10 Å². The van der Waals surface area contributed by atoms with Crippen molar-refractivity contribution in [2.24, 2.45) is 0 Å². The lowest BCUT2D eigenvalue weighted by Gasteiger charge is -2.19. The minimum Gasteiger partial charge on any atom is -0.493 e. The smallest absolute Gasteiger partial charge is 0.227 e. The molecule has 0 saturated heterocycles. The average molecular weight is 341 g/mol. The fourth-order valence-corrected chi connectivity index (χ4v) is 2.79. The second-order valence-electron chi connectivity index (χ2n) is 5.83. The maximum atomic E-state index is 13.7. The molecule has 2 bridgehead atoms. The van der Waals surface area contributed by atoms with Gasteiger partial charge in [-0.05, 0) is 31.2 Å². The van der Waals surface area contributed by atoms with Gasteiger partial charge in [-0.15, -0.1) is 0 Å². The zero-order valence-corrected chi connectivity index (χ0v) is 13.5. The minimum atomic E-state index is -0.348. The van der Waals surface area contributed by atoms with Gasteiger partial charge < -0.3 is 15.4 Å². The summed E-state index contributed by atoms with van der Waals surface area (Å²) >= 11 is 0. The van der Waals surface area contributed by atoms with E-state index >= 15 is 0 Å². The van der Waals surface area contributed by atoms with Gasteiger partial charge in [0.25, 0.3) is 0 Å². The van der Waals surface area contributed by atoms with Gasteiger partial charge in [-0.1, -0.05) is 0 Å². The molecule has 1 atom stereocenters. The van der Waals surface area contributed by atoms with E-state index in [0.29, 0.717) is 28.5 Å². The standard InChI is InChI=1S/C17H16FN5O2/c1-10-12-8-11(18)2-3-14(12)25-7-5-16(24)21-13-9-19-23-6-4-15(20-10)22-17(13)23/h2-4,6,8-10H,5,7H2,1H3,(H,20,22)(H,21,24). The topological polar surface area (TPSA) is 80.5 Å². The summed E-state index contributed by atoms with van der Waals surface area (Å²) in [6, 6.07) is 5.87. The normalized spacial score (nSPS) is 17.5. The Bertz CT molecular complexity index is 955. The molecule has 0 aliphatic carbocycles. The van der Waals surface area contributed by atoms with Crippen LogP contribution in [0.15, 0.2) is 36.7 Å². The summed E-state index contributed by atoms with van der Waals surface area (Å²) in [5.41, 5.74) is 1.73. The SMILES string of the molecule is CC1Nc2ccn3ncc(c3n2)NC(=O)CCOc2ccc(F)cc21. The van der Waals surface area contributed by atoms with Crippen molar-refractivity contribution >= 4 is 23.1 Å². The summed E-state index contributed by atoms with van der Waals surface area (Å²) in [5.74, 6) is 0.577. The maximum absolute atomic E-state index is 13.7. The first-order valence-corrected chi connectivity index (χ1v) is 7.93. The number of hydrogen-bond donors (Lipinski definition) is 2. The second kappa shape index (κ2) is 6.04. The molecule has 1 unspecified atom stereocenters. The van der Waals surface area contributed by atoms with Crippen LogP contribution in [0, 0.1) is 5.82 Å². The van der Waals surface area contributed by atoms with E-state index in [4.69, 9.17) is 4.74 Å². The number of amides is 1. The molecule has 0 fully saturated rings. The highest BCUT2D eigenvalue weighted by Crippen LogP contribution is 2.29. The summed E-state index contributed by atoms with van der Waals surface area (Å²) < 4.78 is 21.0. The predicted octanol–water partition coefficient (Wildman–Crippen LogP) is 2.76. The van der Waals surface area contributed by atoms with Crippen LogP contribution in [0.2, 0.25) is 0 Å². The van der Waals surface area contributed by atoms with Crippen LogP contribution in [0.1, 0.15) is 24.9 Å². The number of aromatic nitrogens is 3. The number of carbonyl (C=O) groups is 1. The van der Waals surface area contributed by atoms with E-state index in [1.165, 1.54) is 12.1 Å². The van der Waals surface area contributed by atoms with E-state index in [-0.39, 0.29) is 30.8 Å². The van der Waals surface area contributed by atoms with Crippen molar-refractivity contribution in [1.82, 2.24) is 14.6 Å². The number of carbonyl (C=O) groups excluding carboxylic acids is 1. The molecule has 4 rings (SSSR count). The molecule has 7 nitrogen and oxygen atoms in total. The van der Waals surface area contributed by atoms with E-state index in [2.05, 4.69) is 20.7 Å². The third-order valence-corrected chi connectivity index (χ3v) is 4.03. The molecule has 25 heavy (non-hydrogen) atoms. The summed E-state index contributed by atoms with van der Waals surface area (Å²) in [6.45, 7) is 2.08. The highest BCUT2D eigenvalue weighted by atomic mass is 19.1. The van der Waals surface area contributed by atoms with Crippen LogP contribution < -0.4 is 15.4 Å². The first-order chi connectivity index (χ1) is 12.1. The number of anilines is 2. The van der Waals surface area contributed by atoms with Crippen LogP contribution >= 0.6 is 0 Å². The Morgan fingerprint density at radius 2 is 2.24 bits per heavy atom. The van der Waals surface area contributed by atoms with E-state index in [1.54, 1.807) is 29.0 Å². The average Bonchev–Trinajstić information content (AvgIpc) is 2.97. The summed E-state index contributed by atoms with van der Waals surface area (Å²) in [5, 5.41) is 10.2. The Balaban J connectivity index is 1.79. The second-order valence-corrected chi connectivity index (χ2v) is 5.83. The fraction of sp³-hybridized carbons (Fsp3) is 0.235. The molecule has 0 radical (unpaired) electrons. The fourth-order valence-electron chi connectivity index (χ4n) is 2.79. The monoisotopic (exact) mass is 341 g/mol. The van der Waals surface area contributed by atoms with Crippen molar-refractivity contribution < 1.29 is 13.9 Å². The summed E-state index contributed by atoms with van der Waals surface area (Å²) in [6.07, 6.45) is 3.46. The van der Waals surface area contributed by atoms with Crippen molar-refractivity contribution in [3.05, 3.63) is 48.0 Å². The van der Waals surface area contributed by atoms with E-state index in [0.717, 1.165) is 0 Å².